The molecule has 28 heavy (non-hydrogen) atoms. The van der Waals surface area contributed by atoms with E-state index in [0.29, 0.717) is 24.7 Å². The van der Waals surface area contributed by atoms with Crippen molar-refractivity contribution >= 4 is 23.6 Å². The topological polar surface area (TPSA) is 81.1 Å². The monoisotopic (exact) mass is 418 g/mol. The van der Waals surface area contributed by atoms with E-state index in [2.05, 4.69) is 0 Å². The third-order valence-corrected chi connectivity index (χ3v) is 6.29. The minimum atomic E-state index is -5.08. The molecule has 0 bridgehead atoms. The number of thioether (sulfide) groups is 1. The van der Waals surface area contributed by atoms with Crippen molar-refractivity contribution in [1.29, 1.82) is 0 Å². The molecule has 2 saturated heterocycles. The average Bonchev–Trinajstić information content (AvgIpc) is 3.21. The largest absolute Gasteiger partial charge is 0.506 e. The SMILES string of the molecule is CSc1cccc(C(=O)N2CC[C@H]3[C@H]2CCN3C(=O)C(C)(O)C(F)(F)F)c1O. The lowest BCUT2D eigenvalue weighted by atomic mass is 10.0. The lowest BCUT2D eigenvalue weighted by molar-refractivity contribution is -0.250. The van der Waals surface area contributed by atoms with Crippen molar-refractivity contribution in [2.24, 2.45) is 0 Å². The number of aromatic hydroxyl groups is 1. The molecule has 0 spiro atoms. The van der Waals surface area contributed by atoms with Gasteiger partial charge in [0.05, 0.1) is 17.6 Å². The summed E-state index contributed by atoms with van der Waals surface area (Å²) < 4.78 is 39.1. The molecule has 1 aromatic rings. The van der Waals surface area contributed by atoms with Crippen LogP contribution < -0.4 is 0 Å². The molecule has 2 N–H and O–H groups in total. The van der Waals surface area contributed by atoms with Gasteiger partial charge in [-0.1, -0.05) is 6.07 Å². The second kappa shape index (κ2) is 7.14. The number of phenolic OH excluding ortho intramolecular Hbond substituents is 1. The first-order valence-electron chi connectivity index (χ1n) is 8.77. The van der Waals surface area contributed by atoms with Crippen LogP contribution in [0.4, 0.5) is 13.2 Å². The van der Waals surface area contributed by atoms with Crippen LogP contribution in [0, 0.1) is 0 Å². The molecule has 2 amide bonds. The van der Waals surface area contributed by atoms with Gasteiger partial charge in [0.15, 0.2) is 0 Å². The highest BCUT2D eigenvalue weighted by atomic mass is 32.2. The number of para-hydroxylation sites is 1. The Hall–Kier alpha value is -1.94. The van der Waals surface area contributed by atoms with E-state index in [1.165, 1.54) is 22.7 Å². The quantitative estimate of drug-likeness (QED) is 0.736. The molecular weight excluding hydrogens is 397 g/mol. The van der Waals surface area contributed by atoms with Crippen molar-refractivity contribution in [3.8, 4) is 5.75 Å². The highest BCUT2D eigenvalue weighted by Crippen LogP contribution is 2.39. The Morgan fingerprint density at radius 2 is 1.71 bits per heavy atom. The highest BCUT2D eigenvalue weighted by Gasteiger charge is 2.60. The molecule has 2 heterocycles. The van der Waals surface area contributed by atoms with Gasteiger partial charge in [-0.3, -0.25) is 9.59 Å². The maximum absolute atomic E-state index is 13.0. The third-order valence-electron chi connectivity index (χ3n) is 5.52. The van der Waals surface area contributed by atoms with E-state index in [0.717, 1.165) is 4.90 Å². The fourth-order valence-electron chi connectivity index (χ4n) is 3.91. The summed E-state index contributed by atoms with van der Waals surface area (Å²) in [6, 6.07) is 3.79. The van der Waals surface area contributed by atoms with Gasteiger partial charge < -0.3 is 20.0 Å². The van der Waals surface area contributed by atoms with Crippen LogP contribution in [0.5, 0.6) is 5.75 Å². The molecule has 2 fully saturated rings. The van der Waals surface area contributed by atoms with Gasteiger partial charge in [0.25, 0.3) is 11.8 Å². The van der Waals surface area contributed by atoms with Gasteiger partial charge in [-0.05, 0) is 38.2 Å². The molecule has 2 aliphatic heterocycles. The Bertz CT molecular complexity index is 800. The van der Waals surface area contributed by atoms with Gasteiger partial charge in [0.2, 0.25) is 5.60 Å². The number of carbonyl (C=O) groups excluding carboxylic acids is 2. The first-order valence-corrected chi connectivity index (χ1v) is 10.00. The Labute approximate surface area is 164 Å². The average molecular weight is 418 g/mol. The number of rotatable bonds is 3. The summed E-state index contributed by atoms with van der Waals surface area (Å²) in [5.74, 6) is -1.94. The molecule has 154 valence electrons. The van der Waals surface area contributed by atoms with Crippen LogP contribution in [0.1, 0.15) is 30.1 Å². The molecule has 3 rings (SSSR count). The third kappa shape index (κ3) is 3.22. The maximum atomic E-state index is 13.0. The number of fused-ring (bicyclic) bond motifs is 1. The number of aliphatic hydroxyl groups is 1. The summed E-state index contributed by atoms with van der Waals surface area (Å²) in [4.78, 5) is 28.4. The number of amides is 2. The number of phenols is 1. The molecule has 10 heteroatoms. The Morgan fingerprint density at radius 1 is 1.14 bits per heavy atom. The van der Waals surface area contributed by atoms with Crippen LogP contribution in [-0.4, -0.2) is 75.0 Å². The van der Waals surface area contributed by atoms with Gasteiger partial charge in [-0.2, -0.15) is 13.2 Å². The van der Waals surface area contributed by atoms with Crippen LogP contribution >= 0.6 is 11.8 Å². The normalized spacial score (nSPS) is 24.2. The predicted octanol–water partition coefficient (Wildman–Crippen LogP) is 2.24. The van der Waals surface area contributed by atoms with Gasteiger partial charge in [0, 0.05) is 18.0 Å². The Balaban J connectivity index is 1.81. The van der Waals surface area contributed by atoms with E-state index in [1.807, 2.05) is 0 Å². The molecular formula is C18H21F3N2O4S. The van der Waals surface area contributed by atoms with Crippen molar-refractivity contribution in [3.05, 3.63) is 23.8 Å². The molecule has 1 aromatic carbocycles. The second-order valence-electron chi connectivity index (χ2n) is 7.14. The van der Waals surface area contributed by atoms with Crippen molar-refractivity contribution in [1.82, 2.24) is 9.80 Å². The van der Waals surface area contributed by atoms with Gasteiger partial charge in [0.1, 0.15) is 5.75 Å². The molecule has 3 atom stereocenters. The van der Waals surface area contributed by atoms with Crippen LogP contribution in [-0.2, 0) is 4.79 Å². The second-order valence-corrected chi connectivity index (χ2v) is 7.98. The number of carbonyl (C=O) groups is 2. The lowest BCUT2D eigenvalue weighted by Gasteiger charge is -2.32. The molecule has 0 aliphatic carbocycles. The van der Waals surface area contributed by atoms with E-state index >= 15 is 0 Å². The zero-order valence-corrected chi connectivity index (χ0v) is 16.2. The fraction of sp³-hybridized carbons (Fsp3) is 0.556. The van der Waals surface area contributed by atoms with Gasteiger partial charge in [-0.25, -0.2) is 0 Å². The Morgan fingerprint density at radius 3 is 2.29 bits per heavy atom. The number of likely N-dealkylation sites (tertiary alicyclic amines) is 2. The molecule has 0 saturated carbocycles. The lowest BCUT2D eigenvalue weighted by Crippen LogP contribution is -2.57. The van der Waals surface area contributed by atoms with E-state index in [1.54, 1.807) is 18.4 Å². The highest BCUT2D eigenvalue weighted by molar-refractivity contribution is 7.98. The van der Waals surface area contributed by atoms with Crippen molar-refractivity contribution in [2.75, 3.05) is 19.3 Å². The minimum absolute atomic E-state index is 0.0288. The summed E-state index contributed by atoms with van der Waals surface area (Å²) in [5.41, 5.74) is -3.34. The van der Waals surface area contributed by atoms with Gasteiger partial charge >= 0.3 is 6.18 Å². The van der Waals surface area contributed by atoms with Crippen LogP contribution in [0.15, 0.2) is 23.1 Å². The maximum Gasteiger partial charge on any atom is 0.426 e. The molecule has 0 aromatic heterocycles. The van der Waals surface area contributed by atoms with Crippen molar-refractivity contribution in [2.45, 2.75) is 48.5 Å². The van der Waals surface area contributed by atoms with Crippen LogP contribution in [0.2, 0.25) is 0 Å². The zero-order valence-electron chi connectivity index (χ0n) is 15.4. The summed E-state index contributed by atoms with van der Waals surface area (Å²) in [5, 5.41) is 20.0. The predicted molar refractivity (Wildman–Crippen MR) is 96.1 cm³/mol. The fourth-order valence-corrected chi connectivity index (χ4v) is 4.42. The zero-order chi connectivity index (χ0) is 20.9. The van der Waals surface area contributed by atoms with Crippen molar-refractivity contribution < 1.29 is 33.0 Å². The number of halogens is 3. The smallest absolute Gasteiger partial charge is 0.426 e. The minimum Gasteiger partial charge on any atom is -0.506 e. The standard InChI is InChI=1S/C18H21F3N2O4S/c1-17(27,18(19,20)21)16(26)23-9-7-11-12(23)6-8-22(11)15(25)10-4-3-5-13(28-2)14(10)24/h3-5,11-12,24,27H,6-9H2,1-2H3/t11-,12+,17?/m1/s1. The summed E-state index contributed by atoms with van der Waals surface area (Å²) >= 11 is 1.29. The number of hydrogen-bond donors (Lipinski definition) is 2. The van der Waals surface area contributed by atoms with Gasteiger partial charge in [-0.15, -0.1) is 11.8 Å². The van der Waals surface area contributed by atoms with Crippen molar-refractivity contribution in [3.63, 3.8) is 0 Å². The van der Waals surface area contributed by atoms with Crippen LogP contribution in [0.25, 0.3) is 0 Å². The van der Waals surface area contributed by atoms with E-state index in [9.17, 15) is 33.0 Å². The Kier molecular flexibility index (Phi) is 5.30. The van der Waals surface area contributed by atoms with E-state index < -0.39 is 35.7 Å². The number of alkyl halides is 3. The number of benzene rings is 1. The molecule has 6 nitrogen and oxygen atoms in total. The molecule has 0 radical (unpaired) electrons. The number of hydrogen-bond acceptors (Lipinski definition) is 5. The first-order chi connectivity index (χ1) is 13.0. The molecule has 2 aliphatic rings. The van der Waals surface area contributed by atoms with E-state index in [-0.39, 0.29) is 24.4 Å². The summed E-state index contributed by atoms with van der Waals surface area (Å²) in [6.07, 6.45) is -2.68. The number of nitrogens with zero attached hydrogens (tertiary/aromatic N) is 2. The summed E-state index contributed by atoms with van der Waals surface area (Å²) in [7, 11) is 0. The molecule has 1 unspecified atom stereocenters. The van der Waals surface area contributed by atoms with E-state index in [4.69, 9.17) is 0 Å². The first kappa shape index (κ1) is 20.8. The van der Waals surface area contributed by atoms with Crippen LogP contribution in [0.3, 0.4) is 0 Å². The summed E-state index contributed by atoms with van der Waals surface area (Å²) in [6.45, 7) is 0.739.